The lowest BCUT2D eigenvalue weighted by Crippen LogP contribution is -2.34. The summed E-state index contributed by atoms with van der Waals surface area (Å²) in [4.78, 5) is -0.428. The molecule has 5 nitrogen and oxygen atoms in total. The van der Waals surface area contributed by atoms with Gasteiger partial charge in [-0.3, -0.25) is 0 Å². The van der Waals surface area contributed by atoms with Gasteiger partial charge in [-0.05, 0) is 24.6 Å². The number of ether oxygens (including phenoxy) is 2. The van der Waals surface area contributed by atoms with E-state index >= 15 is 0 Å². The van der Waals surface area contributed by atoms with E-state index < -0.39 is 32.9 Å². The SMILES string of the molecule is COC(CNS(=O)(=O)c1cccc(C(F)(F)F)c1C)OC. The van der Waals surface area contributed by atoms with Crippen LogP contribution >= 0.6 is 0 Å². The van der Waals surface area contributed by atoms with Gasteiger partial charge in [0, 0.05) is 14.2 Å². The third kappa shape index (κ3) is 4.40. The second-order valence-corrected chi connectivity index (χ2v) is 5.91. The molecule has 1 aromatic carbocycles. The summed E-state index contributed by atoms with van der Waals surface area (Å²) in [6.45, 7) is 0.895. The number of methoxy groups -OCH3 is 2. The average Bonchev–Trinajstić information content (AvgIpc) is 2.38. The van der Waals surface area contributed by atoms with E-state index in [1.807, 2.05) is 0 Å². The van der Waals surface area contributed by atoms with Crippen LogP contribution < -0.4 is 4.72 Å². The Morgan fingerprint density at radius 3 is 2.29 bits per heavy atom. The summed E-state index contributed by atoms with van der Waals surface area (Å²) in [6, 6.07) is 3.00. The molecular weight excluding hydrogens is 311 g/mol. The van der Waals surface area contributed by atoms with Crippen molar-refractivity contribution < 1.29 is 31.1 Å². The maximum Gasteiger partial charge on any atom is 0.416 e. The molecule has 0 bridgehead atoms. The van der Waals surface area contributed by atoms with E-state index in [1.54, 1.807) is 0 Å². The molecule has 0 fully saturated rings. The largest absolute Gasteiger partial charge is 0.416 e. The van der Waals surface area contributed by atoms with Crippen LogP contribution in [0.3, 0.4) is 0 Å². The number of benzene rings is 1. The summed E-state index contributed by atoms with van der Waals surface area (Å²) in [5.74, 6) is 0. The minimum atomic E-state index is -4.61. The predicted octanol–water partition coefficient (Wildman–Crippen LogP) is 1.91. The predicted molar refractivity (Wildman–Crippen MR) is 69.2 cm³/mol. The molecule has 0 amide bonds. The van der Waals surface area contributed by atoms with E-state index in [4.69, 9.17) is 9.47 Å². The summed E-state index contributed by atoms with van der Waals surface area (Å²) < 4.78 is 74.3. The van der Waals surface area contributed by atoms with Gasteiger partial charge < -0.3 is 9.47 Å². The molecule has 9 heteroatoms. The molecule has 0 spiro atoms. The molecule has 0 unspecified atom stereocenters. The fourth-order valence-corrected chi connectivity index (χ4v) is 3.01. The lowest BCUT2D eigenvalue weighted by atomic mass is 10.1. The van der Waals surface area contributed by atoms with Crippen LogP contribution in [0.25, 0.3) is 0 Å². The van der Waals surface area contributed by atoms with E-state index in [2.05, 4.69) is 4.72 Å². The van der Waals surface area contributed by atoms with Crippen LogP contribution in [0.15, 0.2) is 23.1 Å². The first-order valence-electron chi connectivity index (χ1n) is 5.85. The van der Waals surface area contributed by atoms with E-state index in [0.29, 0.717) is 0 Å². The number of rotatable bonds is 6. The standard InChI is InChI=1S/C12H16F3NO4S/c1-8-9(12(13,14)15)5-4-6-10(8)21(17,18)16-7-11(19-2)20-3/h4-6,11,16H,7H2,1-3H3. The molecule has 120 valence electrons. The molecule has 1 rings (SSSR count). The summed E-state index contributed by atoms with van der Waals surface area (Å²) in [6.07, 6.45) is -5.44. The molecule has 0 atom stereocenters. The van der Waals surface area contributed by atoms with Crippen molar-refractivity contribution in [3.8, 4) is 0 Å². The van der Waals surface area contributed by atoms with E-state index in [0.717, 1.165) is 25.1 Å². The van der Waals surface area contributed by atoms with Crippen molar-refractivity contribution in [1.29, 1.82) is 0 Å². The van der Waals surface area contributed by atoms with Gasteiger partial charge in [0.1, 0.15) is 0 Å². The maximum atomic E-state index is 12.8. The summed E-state index contributed by atoms with van der Waals surface area (Å²) in [5, 5.41) is 0. The van der Waals surface area contributed by atoms with E-state index in [1.165, 1.54) is 14.2 Å². The lowest BCUT2D eigenvalue weighted by molar-refractivity contribution is -0.138. The summed E-state index contributed by atoms with van der Waals surface area (Å²) >= 11 is 0. The number of hydrogen-bond acceptors (Lipinski definition) is 4. The molecule has 0 heterocycles. The van der Waals surface area contributed by atoms with Crippen molar-refractivity contribution in [3.05, 3.63) is 29.3 Å². The molecule has 0 aliphatic heterocycles. The van der Waals surface area contributed by atoms with Gasteiger partial charge in [-0.25, -0.2) is 13.1 Å². The fourth-order valence-electron chi connectivity index (χ4n) is 1.73. The molecule has 0 aliphatic carbocycles. The van der Waals surface area contributed by atoms with Crippen LogP contribution in [0.5, 0.6) is 0 Å². The number of halogens is 3. The first-order valence-corrected chi connectivity index (χ1v) is 7.34. The Kier molecular flexibility index (Phi) is 5.74. The Bertz CT molecular complexity index is 583. The Balaban J connectivity index is 3.10. The summed E-state index contributed by atoms with van der Waals surface area (Å²) in [5.41, 5.74) is -1.34. The monoisotopic (exact) mass is 327 g/mol. The highest BCUT2D eigenvalue weighted by Gasteiger charge is 2.34. The van der Waals surface area contributed by atoms with Crippen molar-refractivity contribution in [2.75, 3.05) is 20.8 Å². The van der Waals surface area contributed by atoms with Crippen molar-refractivity contribution in [1.82, 2.24) is 4.72 Å². The van der Waals surface area contributed by atoms with Gasteiger partial charge in [-0.1, -0.05) is 6.07 Å². The lowest BCUT2D eigenvalue weighted by Gasteiger charge is -2.17. The molecular formula is C12H16F3NO4S. The van der Waals surface area contributed by atoms with Crippen molar-refractivity contribution in [3.63, 3.8) is 0 Å². The Morgan fingerprint density at radius 2 is 1.81 bits per heavy atom. The third-order valence-corrected chi connectivity index (χ3v) is 4.41. The average molecular weight is 327 g/mol. The molecule has 1 aromatic rings. The van der Waals surface area contributed by atoms with Crippen LogP contribution in [-0.4, -0.2) is 35.5 Å². The molecule has 0 aromatic heterocycles. The molecule has 0 saturated heterocycles. The van der Waals surface area contributed by atoms with Crippen LogP contribution in [0.4, 0.5) is 13.2 Å². The Hall–Kier alpha value is -1.16. The molecule has 0 saturated carbocycles. The zero-order chi connectivity index (χ0) is 16.3. The maximum absolute atomic E-state index is 12.8. The number of sulfonamides is 1. The van der Waals surface area contributed by atoms with Gasteiger partial charge in [0.2, 0.25) is 10.0 Å². The number of alkyl halides is 3. The molecule has 0 radical (unpaired) electrons. The third-order valence-electron chi connectivity index (χ3n) is 2.84. The Labute approximate surface area is 121 Å². The van der Waals surface area contributed by atoms with Gasteiger partial charge in [0.05, 0.1) is 17.0 Å². The van der Waals surface area contributed by atoms with Crippen molar-refractivity contribution >= 4 is 10.0 Å². The van der Waals surface area contributed by atoms with Gasteiger partial charge in [-0.2, -0.15) is 13.2 Å². The van der Waals surface area contributed by atoms with Crippen molar-refractivity contribution in [2.24, 2.45) is 0 Å². The summed E-state index contributed by atoms with van der Waals surface area (Å²) in [7, 11) is -1.46. The molecule has 21 heavy (non-hydrogen) atoms. The smallest absolute Gasteiger partial charge is 0.355 e. The quantitative estimate of drug-likeness (QED) is 0.811. The Morgan fingerprint density at radius 1 is 1.24 bits per heavy atom. The zero-order valence-electron chi connectivity index (χ0n) is 11.7. The minimum absolute atomic E-state index is 0.217. The zero-order valence-corrected chi connectivity index (χ0v) is 12.5. The van der Waals surface area contributed by atoms with Crippen LogP contribution in [0.1, 0.15) is 11.1 Å². The number of nitrogens with one attached hydrogen (secondary N) is 1. The molecule has 0 aliphatic rings. The normalized spacial score (nSPS) is 12.9. The topological polar surface area (TPSA) is 64.6 Å². The second-order valence-electron chi connectivity index (χ2n) is 4.18. The van der Waals surface area contributed by atoms with Gasteiger partial charge >= 0.3 is 6.18 Å². The van der Waals surface area contributed by atoms with Gasteiger partial charge in [0.15, 0.2) is 6.29 Å². The van der Waals surface area contributed by atoms with Crippen LogP contribution in [-0.2, 0) is 25.7 Å². The van der Waals surface area contributed by atoms with Crippen LogP contribution in [0.2, 0.25) is 0 Å². The van der Waals surface area contributed by atoms with Gasteiger partial charge in [0.25, 0.3) is 0 Å². The number of hydrogen-bond donors (Lipinski definition) is 1. The second kappa shape index (κ2) is 6.73. The van der Waals surface area contributed by atoms with E-state index in [-0.39, 0.29) is 12.1 Å². The van der Waals surface area contributed by atoms with E-state index in [9.17, 15) is 21.6 Å². The van der Waals surface area contributed by atoms with Gasteiger partial charge in [-0.15, -0.1) is 0 Å². The highest BCUT2D eigenvalue weighted by Crippen LogP contribution is 2.34. The highest BCUT2D eigenvalue weighted by atomic mass is 32.2. The highest BCUT2D eigenvalue weighted by molar-refractivity contribution is 7.89. The van der Waals surface area contributed by atoms with Crippen molar-refractivity contribution in [2.45, 2.75) is 24.3 Å². The molecule has 1 N–H and O–H groups in total. The fraction of sp³-hybridized carbons (Fsp3) is 0.500. The first kappa shape index (κ1) is 17.9. The van der Waals surface area contributed by atoms with Crippen LogP contribution in [0, 0.1) is 6.92 Å². The minimum Gasteiger partial charge on any atom is -0.355 e. The first-order chi connectivity index (χ1) is 9.63.